The second kappa shape index (κ2) is 3.03. The lowest BCUT2D eigenvalue weighted by Crippen LogP contribution is -2.22. The van der Waals surface area contributed by atoms with E-state index in [9.17, 15) is 12.8 Å². The van der Waals surface area contributed by atoms with Gasteiger partial charge in [-0.15, -0.1) is 0 Å². The van der Waals surface area contributed by atoms with Crippen LogP contribution in [0.25, 0.3) is 0 Å². The van der Waals surface area contributed by atoms with Crippen molar-refractivity contribution in [3.8, 4) is 0 Å². The molecule has 1 rings (SSSR count). The first-order valence-electron chi connectivity index (χ1n) is 2.89. The Morgan fingerprint density at radius 3 is 2.75 bits per heavy atom. The van der Waals surface area contributed by atoms with Crippen LogP contribution in [0.1, 0.15) is 0 Å². The molecular formula is C5H6FN3O2S. The highest BCUT2D eigenvalue weighted by Crippen LogP contribution is 2.10. The fraction of sp³-hybridized carbons (Fsp3) is 0. The molecule has 0 radical (unpaired) electrons. The molecule has 0 unspecified atom stereocenters. The Morgan fingerprint density at radius 1 is 1.58 bits per heavy atom. The summed E-state index contributed by atoms with van der Waals surface area (Å²) in [5, 5.41) is 4.61. The molecule has 66 valence electrons. The van der Waals surface area contributed by atoms with Crippen molar-refractivity contribution in [2.45, 2.75) is 0 Å². The lowest BCUT2D eigenvalue weighted by Gasteiger charge is -2.02. The molecule has 1 heterocycles. The van der Waals surface area contributed by atoms with E-state index in [-0.39, 0.29) is 5.69 Å². The molecular weight excluding hydrogens is 185 g/mol. The molecule has 0 aliphatic rings. The third kappa shape index (κ3) is 2.44. The second-order valence-corrected chi connectivity index (χ2v) is 3.30. The molecule has 3 N–H and O–H groups in total. The highest BCUT2D eigenvalue weighted by atomic mass is 32.2. The Kier molecular flexibility index (Phi) is 2.25. The van der Waals surface area contributed by atoms with Gasteiger partial charge in [0.05, 0.1) is 11.9 Å². The van der Waals surface area contributed by atoms with Gasteiger partial charge in [-0.05, 0) is 6.07 Å². The summed E-state index contributed by atoms with van der Waals surface area (Å²) in [6, 6.07) is 1.17. The van der Waals surface area contributed by atoms with Crippen LogP contribution in [0.5, 0.6) is 0 Å². The van der Waals surface area contributed by atoms with Crippen LogP contribution in [-0.2, 0) is 10.2 Å². The number of nitrogens with one attached hydrogen (secondary N) is 1. The second-order valence-electron chi connectivity index (χ2n) is 2.00. The number of halogens is 1. The first-order chi connectivity index (χ1) is 5.49. The first kappa shape index (κ1) is 8.88. The molecule has 0 bridgehead atoms. The van der Waals surface area contributed by atoms with Gasteiger partial charge in [-0.25, -0.2) is 9.53 Å². The number of anilines is 1. The van der Waals surface area contributed by atoms with Gasteiger partial charge in [-0.2, -0.15) is 8.42 Å². The summed E-state index contributed by atoms with van der Waals surface area (Å²) < 4.78 is 35.3. The molecule has 0 aliphatic carbocycles. The largest absolute Gasteiger partial charge is 0.296 e. The summed E-state index contributed by atoms with van der Waals surface area (Å²) in [6.07, 6.45) is 2.13. The molecule has 0 fully saturated rings. The van der Waals surface area contributed by atoms with E-state index in [1.807, 2.05) is 0 Å². The Hall–Kier alpha value is -1.21. The van der Waals surface area contributed by atoms with Gasteiger partial charge < -0.3 is 0 Å². The van der Waals surface area contributed by atoms with Crippen LogP contribution < -0.4 is 9.86 Å². The third-order valence-electron chi connectivity index (χ3n) is 1.02. The highest BCUT2D eigenvalue weighted by Gasteiger charge is 2.06. The summed E-state index contributed by atoms with van der Waals surface area (Å²) in [5.41, 5.74) is -0.215. The average Bonchev–Trinajstić information content (AvgIpc) is 1.91. The van der Waals surface area contributed by atoms with Gasteiger partial charge >= 0.3 is 0 Å². The number of hydrogen-bond acceptors (Lipinski definition) is 3. The quantitative estimate of drug-likeness (QED) is 0.680. The van der Waals surface area contributed by atoms with E-state index in [4.69, 9.17) is 0 Å². The van der Waals surface area contributed by atoms with Gasteiger partial charge in [0, 0.05) is 6.20 Å². The van der Waals surface area contributed by atoms with Gasteiger partial charge in [0.1, 0.15) is 0 Å². The van der Waals surface area contributed by atoms with Crippen LogP contribution in [0.15, 0.2) is 18.5 Å². The minimum atomic E-state index is -3.92. The Balaban J connectivity index is 2.98. The van der Waals surface area contributed by atoms with Gasteiger partial charge in [-0.1, -0.05) is 0 Å². The number of pyridine rings is 1. The predicted octanol–water partition coefficient (Wildman–Crippen LogP) is -0.164. The molecule has 1 aromatic rings. The van der Waals surface area contributed by atoms with E-state index in [0.29, 0.717) is 0 Å². The van der Waals surface area contributed by atoms with Gasteiger partial charge in [0.25, 0.3) is 10.2 Å². The van der Waals surface area contributed by atoms with Crippen LogP contribution in [0, 0.1) is 5.82 Å². The van der Waals surface area contributed by atoms with Crippen molar-refractivity contribution in [2.24, 2.45) is 5.14 Å². The van der Waals surface area contributed by atoms with E-state index < -0.39 is 16.0 Å². The molecule has 0 saturated heterocycles. The SMILES string of the molecule is NS(=O)(=O)Nc1ccncc1F. The zero-order valence-electron chi connectivity index (χ0n) is 5.86. The lowest BCUT2D eigenvalue weighted by molar-refractivity contribution is 0.599. The Labute approximate surface area is 68.6 Å². The van der Waals surface area contributed by atoms with Crippen molar-refractivity contribution in [1.29, 1.82) is 0 Å². The molecule has 7 heteroatoms. The van der Waals surface area contributed by atoms with E-state index in [1.165, 1.54) is 12.3 Å². The molecule has 0 amide bonds. The van der Waals surface area contributed by atoms with Crippen LogP contribution >= 0.6 is 0 Å². The molecule has 1 aromatic heterocycles. The summed E-state index contributed by atoms with van der Waals surface area (Å²) in [7, 11) is -3.92. The molecule has 0 atom stereocenters. The van der Waals surface area contributed by atoms with Gasteiger partial charge in [-0.3, -0.25) is 9.71 Å². The van der Waals surface area contributed by atoms with Gasteiger partial charge in [0.15, 0.2) is 5.82 Å². The standard InChI is InChI=1S/C5H6FN3O2S/c6-4-3-8-2-1-5(4)9-12(7,10)11/h1-3H,(H,8,9)(H2,7,10,11). The maximum atomic E-state index is 12.7. The smallest absolute Gasteiger partial charge is 0.268 e. The number of nitrogens with two attached hydrogens (primary N) is 1. The number of nitrogens with zero attached hydrogens (tertiary/aromatic N) is 1. The fourth-order valence-corrected chi connectivity index (χ4v) is 1.08. The monoisotopic (exact) mass is 191 g/mol. The van der Waals surface area contributed by atoms with Crippen LogP contribution in [0.4, 0.5) is 10.1 Å². The van der Waals surface area contributed by atoms with Crippen LogP contribution in [-0.4, -0.2) is 13.4 Å². The molecule has 0 aromatic carbocycles. The molecule has 0 spiro atoms. The zero-order valence-corrected chi connectivity index (χ0v) is 6.68. The normalized spacial score (nSPS) is 11.2. The minimum Gasteiger partial charge on any atom is -0.268 e. The van der Waals surface area contributed by atoms with Gasteiger partial charge in [0.2, 0.25) is 0 Å². The highest BCUT2D eigenvalue weighted by molar-refractivity contribution is 7.90. The lowest BCUT2D eigenvalue weighted by atomic mass is 10.4. The van der Waals surface area contributed by atoms with E-state index in [1.54, 1.807) is 4.72 Å². The van der Waals surface area contributed by atoms with Crippen molar-refractivity contribution in [2.75, 3.05) is 4.72 Å². The molecule has 0 saturated carbocycles. The third-order valence-corrected chi connectivity index (χ3v) is 1.53. The Bertz CT molecular complexity index is 378. The van der Waals surface area contributed by atoms with Crippen LogP contribution in [0.3, 0.4) is 0 Å². The van der Waals surface area contributed by atoms with E-state index in [2.05, 4.69) is 10.1 Å². The minimum absolute atomic E-state index is 0.215. The summed E-state index contributed by atoms with van der Waals surface area (Å²) in [5.74, 6) is -0.772. The van der Waals surface area contributed by atoms with Crippen molar-refractivity contribution in [1.82, 2.24) is 4.98 Å². The van der Waals surface area contributed by atoms with Crippen molar-refractivity contribution < 1.29 is 12.8 Å². The zero-order chi connectivity index (χ0) is 9.19. The maximum absolute atomic E-state index is 12.7. The summed E-state index contributed by atoms with van der Waals surface area (Å²) >= 11 is 0. The predicted molar refractivity (Wildman–Crippen MR) is 40.9 cm³/mol. The Morgan fingerprint density at radius 2 is 2.25 bits per heavy atom. The number of aromatic nitrogens is 1. The molecule has 5 nitrogen and oxygen atoms in total. The number of rotatable bonds is 2. The average molecular weight is 191 g/mol. The topological polar surface area (TPSA) is 85.1 Å². The summed E-state index contributed by atoms with van der Waals surface area (Å²) in [6.45, 7) is 0. The summed E-state index contributed by atoms with van der Waals surface area (Å²) in [4.78, 5) is 3.42. The van der Waals surface area contributed by atoms with Crippen molar-refractivity contribution in [3.05, 3.63) is 24.3 Å². The van der Waals surface area contributed by atoms with E-state index in [0.717, 1.165) is 6.20 Å². The fourth-order valence-electron chi connectivity index (χ4n) is 0.611. The molecule has 0 aliphatic heterocycles. The van der Waals surface area contributed by atoms with Crippen molar-refractivity contribution in [3.63, 3.8) is 0 Å². The number of hydrogen-bond donors (Lipinski definition) is 2. The van der Waals surface area contributed by atoms with E-state index >= 15 is 0 Å². The first-order valence-corrected chi connectivity index (χ1v) is 4.44. The van der Waals surface area contributed by atoms with Crippen LogP contribution in [0.2, 0.25) is 0 Å². The van der Waals surface area contributed by atoms with Crippen molar-refractivity contribution >= 4 is 15.9 Å². The maximum Gasteiger partial charge on any atom is 0.296 e. The molecule has 12 heavy (non-hydrogen) atoms.